The standard InChI is InChI=1S/C25H22N6OS/c1-3-30-16-20(17(2)29-30)22-13-14-26-24-19(15-27-31(22)24)25(32)28-21-11-7-8-12-23(21)33-18-9-5-4-6-10-18/h4-16H,3H2,1-2H3,(H,28,32). The molecular weight excluding hydrogens is 432 g/mol. The van der Waals surface area contributed by atoms with Gasteiger partial charge in [0.1, 0.15) is 5.56 Å². The molecule has 3 aromatic heterocycles. The van der Waals surface area contributed by atoms with E-state index in [-0.39, 0.29) is 5.91 Å². The molecule has 7 nitrogen and oxygen atoms in total. The zero-order valence-corrected chi connectivity index (χ0v) is 19.1. The second-order valence-electron chi connectivity index (χ2n) is 7.47. The van der Waals surface area contributed by atoms with Crippen LogP contribution in [-0.2, 0) is 6.54 Å². The number of rotatable bonds is 6. The van der Waals surface area contributed by atoms with Crippen LogP contribution in [0.3, 0.4) is 0 Å². The molecule has 33 heavy (non-hydrogen) atoms. The number of carbonyl (C=O) groups is 1. The minimum absolute atomic E-state index is 0.253. The van der Waals surface area contributed by atoms with Gasteiger partial charge in [0.25, 0.3) is 5.91 Å². The summed E-state index contributed by atoms with van der Waals surface area (Å²) in [6, 6.07) is 19.7. The van der Waals surface area contributed by atoms with Crippen molar-refractivity contribution < 1.29 is 4.79 Å². The van der Waals surface area contributed by atoms with Gasteiger partial charge >= 0.3 is 0 Å². The molecule has 0 fully saturated rings. The summed E-state index contributed by atoms with van der Waals surface area (Å²) in [7, 11) is 0. The molecule has 0 aliphatic carbocycles. The van der Waals surface area contributed by atoms with E-state index in [1.807, 2.05) is 85.4 Å². The first-order chi connectivity index (χ1) is 16.1. The maximum Gasteiger partial charge on any atom is 0.261 e. The van der Waals surface area contributed by atoms with Crippen LogP contribution in [0.25, 0.3) is 16.9 Å². The molecule has 164 valence electrons. The normalized spacial score (nSPS) is 11.1. The third kappa shape index (κ3) is 4.12. The average molecular weight is 455 g/mol. The zero-order valence-electron chi connectivity index (χ0n) is 18.3. The quantitative estimate of drug-likeness (QED) is 0.375. The summed E-state index contributed by atoms with van der Waals surface area (Å²) in [5, 5.41) is 12.0. The molecule has 1 N–H and O–H groups in total. The number of aryl methyl sites for hydroxylation is 2. The van der Waals surface area contributed by atoms with Crippen molar-refractivity contribution in [3.05, 3.63) is 90.5 Å². The Morgan fingerprint density at radius 2 is 1.85 bits per heavy atom. The van der Waals surface area contributed by atoms with Crippen LogP contribution in [0.5, 0.6) is 0 Å². The number of hydrogen-bond acceptors (Lipinski definition) is 5. The molecule has 0 bridgehead atoms. The molecule has 5 rings (SSSR count). The van der Waals surface area contributed by atoms with Crippen LogP contribution in [-0.4, -0.2) is 30.3 Å². The first-order valence-corrected chi connectivity index (χ1v) is 11.5. The minimum Gasteiger partial charge on any atom is -0.321 e. The highest BCUT2D eigenvalue weighted by atomic mass is 32.2. The molecule has 1 amide bonds. The lowest BCUT2D eigenvalue weighted by molar-refractivity contribution is 0.102. The predicted molar refractivity (Wildman–Crippen MR) is 130 cm³/mol. The lowest BCUT2D eigenvalue weighted by Crippen LogP contribution is -2.12. The van der Waals surface area contributed by atoms with E-state index in [9.17, 15) is 4.79 Å². The molecular formula is C25H22N6OS. The van der Waals surface area contributed by atoms with Crippen LogP contribution in [0.2, 0.25) is 0 Å². The van der Waals surface area contributed by atoms with E-state index in [0.717, 1.165) is 39.0 Å². The van der Waals surface area contributed by atoms with E-state index >= 15 is 0 Å². The summed E-state index contributed by atoms with van der Waals surface area (Å²) in [6.45, 7) is 4.79. The van der Waals surface area contributed by atoms with Crippen molar-refractivity contribution in [2.45, 2.75) is 30.2 Å². The molecule has 0 unspecified atom stereocenters. The maximum atomic E-state index is 13.2. The fourth-order valence-corrected chi connectivity index (χ4v) is 4.57. The van der Waals surface area contributed by atoms with Gasteiger partial charge in [0.2, 0.25) is 0 Å². The molecule has 0 atom stereocenters. The average Bonchev–Trinajstić information content (AvgIpc) is 3.44. The summed E-state index contributed by atoms with van der Waals surface area (Å²) in [6.07, 6.45) is 5.25. The van der Waals surface area contributed by atoms with Gasteiger partial charge in [-0.05, 0) is 44.2 Å². The SMILES string of the molecule is CCn1cc(-c2ccnc3c(C(=O)Nc4ccccc4Sc4ccccc4)cnn23)c(C)n1. The molecule has 0 saturated heterocycles. The molecule has 0 spiro atoms. The van der Waals surface area contributed by atoms with Gasteiger partial charge in [-0.25, -0.2) is 9.50 Å². The van der Waals surface area contributed by atoms with Crippen LogP contribution in [0.15, 0.2) is 89.0 Å². The van der Waals surface area contributed by atoms with E-state index < -0.39 is 0 Å². The fraction of sp³-hybridized carbons (Fsp3) is 0.120. The van der Waals surface area contributed by atoms with Gasteiger partial charge in [0.15, 0.2) is 5.65 Å². The second kappa shape index (κ2) is 8.91. The van der Waals surface area contributed by atoms with E-state index in [1.165, 1.54) is 0 Å². The Hall–Kier alpha value is -3.91. The van der Waals surface area contributed by atoms with Crippen molar-refractivity contribution in [3.63, 3.8) is 0 Å². The Labute approximate surface area is 195 Å². The summed E-state index contributed by atoms with van der Waals surface area (Å²) < 4.78 is 3.58. The summed E-state index contributed by atoms with van der Waals surface area (Å²) in [5.41, 5.74) is 4.36. The van der Waals surface area contributed by atoms with Gasteiger partial charge in [0.05, 0.1) is 23.3 Å². The number of carbonyl (C=O) groups excluding carboxylic acids is 1. The van der Waals surface area contributed by atoms with Crippen molar-refractivity contribution in [2.75, 3.05) is 5.32 Å². The molecule has 5 aromatic rings. The van der Waals surface area contributed by atoms with Crippen LogP contribution < -0.4 is 5.32 Å². The second-order valence-corrected chi connectivity index (χ2v) is 8.59. The van der Waals surface area contributed by atoms with Crippen molar-refractivity contribution in [1.29, 1.82) is 0 Å². The van der Waals surface area contributed by atoms with Gasteiger partial charge < -0.3 is 5.32 Å². The Morgan fingerprint density at radius 1 is 1.06 bits per heavy atom. The molecule has 0 aliphatic heterocycles. The van der Waals surface area contributed by atoms with Gasteiger partial charge in [-0.15, -0.1) is 0 Å². The van der Waals surface area contributed by atoms with Gasteiger partial charge in [0, 0.05) is 34.3 Å². The highest BCUT2D eigenvalue weighted by Crippen LogP contribution is 2.33. The first-order valence-electron chi connectivity index (χ1n) is 10.6. The maximum absolute atomic E-state index is 13.2. The third-order valence-corrected chi connectivity index (χ3v) is 6.38. The lowest BCUT2D eigenvalue weighted by atomic mass is 10.2. The van der Waals surface area contributed by atoms with E-state index in [2.05, 4.69) is 20.5 Å². The molecule has 0 saturated carbocycles. The summed E-state index contributed by atoms with van der Waals surface area (Å²) >= 11 is 1.60. The van der Waals surface area contributed by atoms with E-state index in [0.29, 0.717) is 11.2 Å². The van der Waals surface area contributed by atoms with Crippen molar-refractivity contribution in [1.82, 2.24) is 24.4 Å². The van der Waals surface area contributed by atoms with Gasteiger partial charge in [-0.1, -0.05) is 42.1 Å². The number of hydrogen-bond donors (Lipinski definition) is 1. The number of amides is 1. The molecule has 0 radical (unpaired) electrons. The van der Waals surface area contributed by atoms with Crippen LogP contribution in [0.4, 0.5) is 5.69 Å². The number of aromatic nitrogens is 5. The largest absolute Gasteiger partial charge is 0.321 e. The van der Waals surface area contributed by atoms with Gasteiger partial charge in [-0.3, -0.25) is 9.48 Å². The molecule has 0 aliphatic rings. The monoisotopic (exact) mass is 454 g/mol. The number of fused-ring (bicyclic) bond motifs is 1. The predicted octanol–water partition coefficient (Wildman–Crippen LogP) is 5.32. The van der Waals surface area contributed by atoms with Crippen LogP contribution in [0.1, 0.15) is 23.0 Å². The minimum atomic E-state index is -0.253. The Morgan fingerprint density at radius 3 is 2.64 bits per heavy atom. The lowest BCUT2D eigenvalue weighted by Gasteiger charge is -2.10. The van der Waals surface area contributed by atoms with E-state index in [1.54, 1.807) is 28.7 Å². The molecule has 2 aromatic carbocycles. The number of benzene rings is 2. The number of anilines is 1. The highest BCUT2D eigenvalue weighted by Gasteiger charge is 2.19. The van der Waals surface area contributed by atoms with Crippen LogP contribution >= 0.6 is 11.8 Å². The topological polar surface area (TPSA) is 77.1 Å². The van der Waals surface area contributed by atoms with Gasteiger partial charge in [-0.2, -0.15) is 10.2 Å². The van der Waals surface area contributed by atoms with Crippen molar-refractivity contribution in [3.8, 4) is 11.3 Å². The number of nitrogens with one attached hydrogen (secondary N) is 1. The van der Waals surface area contributed by atoms with E-state index in [4.69, 9.17) is 0 Å². The Kier molecular flexibility index (Phi) is 5.66. The number of para-hydroxylation sites is 1. The van der Waals surface area contributed by atoms with Crippen LogP contribution in [0, 0.1) is 6.92 Å². The van der Waals surface area contributed by atoms with Crippen molar-refractivity contribution in [2.24, 2.45) is 0 Å². The zero-order chi connectivity index (χ0) is 22.8. The summed E-state index contributed by atoms with van der Waals surface area (Å²) in [4.78, 5) is 19.7. The third-order valence-electron chi connectivity index (χ3n) is 5.30. The molecule has 3 heterocycles. The fourth-order valence-electron chi connectivity index (χ4n) is 3.65. The Balaban J connectivity index is 1.47. The smallest absolute Gasteiger partial charge is 0.261 e. The summed E-state index contributed by atoms with van der Waals surface area (Å²) in [5.74, 6) is -0.253. The number of nitrogens with zero attached hydrogens (tertiary/aromatic N) is 5. The first kappa shape index (κ1) is 21.0. The highest BCUT2D eigenvalue weighted by molar-refractivity contribution is 7.99. The molecule has 8 heteroatoms. The Bertz CT molecular complexity index is 1440. The van der Waals surface area contributed by atoms with Crippen molar-refractivity contribution >= 4 is 29.0 Å².